The number of hydrogen-bond acceptors (Lipinski definition) is 5. The number of benzene rings is 1. The molecule has 0 bridgehead atoms. The molecule has 3 rings (SSSR count). The molecular weight excluding hydrogens is 334 g/mol. The molecule has 1 aromatic carbocycles. The topological polar surface area (TPSA) is 88.5 Å². The Morgan fingerprint density at radius 2 is 1.91 bits per heavy atom. The lowest BCUT2D eigenvalue weighted by Gasteiger charge is -1.98. The minimum Gasteiger partial charge on any atom is -0.300 e. The highest BCUT2D eigenvalue weighted by molar-refractivity contribution is 8.19. The van der Waals surface area contributed by atoms with Crippen LogP contribution in [0.4, 0.5) is 0 Å². The van der Waals surface area contributed by atoms with Crippen LogP contribution in [0.1, 0.15) is 5.56 Å². The van der Waals surface area contributed by atoms with Gasteiger partial charge in [0.25, 0.3) is 15.9 Å². The zero-order valence-corrected chi connectivity index (χ0v) is 13.3. The molecule has 0 radical (unpaired) electrons. The molecule has 0 aliphatic carbocycles. The number of pyridine rings is 1. The fourth-order valence-corrected chi connectivity index (χ4v) is 3.84. The molecule has 0 atom stereocenters. The first kappa shape index (κ1) is 15.4. The van der Waals surface area contributed by atoms with Crippen LogP contribution < -0.4 is 5.32 Å². The molecule has 1 fully saturated rings. The molecule has 8 heteroatoms. The number of carbonyl (C=O) groups excluding carboxylic acids is 1. The summed E-state index contributed by atoms with van der Waals surface area (Å²) in [4.78, 5) is 16.3. The van der Waals surface area contributed by atoms with Crippen LogP contribution >= 0.6 is 11.8 Å². The lowest BCUT2D eigenvalue weighted by Crippen LogP contribution is -2.20. The summed E-state index contributed by atoms with van der Waals surface area (Å²) in [6.45, 7) is 0. The largest absolute Gasteiger partial charge is 0.300 e. The van der Waals surface area contributed by atoms with Crippen LogP contribution in [0, 0.1) is 0 Å². The van der Waals surface area contributed by atoms with E-state index in [1.165, 1.54) is 12.1 Å². The number of rotatable bonds is 3. The molecule has 6 nitrogen and oxygen atoms in total. The highest BCUT2D eigenvalue weighted by atomic mass is 32.2. The molecule has 1 amide bonds. The molecule has 2 heterocycles. The quantitative estimate of drug-likeness (QED) is 0.860. The molecule has 0 saturated carbocycles. The number of amidine groups is 1. The lowest BCUT2D eigenvalue weighted by molar-refractivity contribution is -0.115. The van der Waals surface area contributed by atoms with E-state index in [9.17, 15) is 13.2 Å². The first-order valence-corrected chi connectivity index (χ1v) is 8.81. The molecule has 1 N–H and O–H groups in total. The standard InChI is InChI=1S/C15H11N3O3S2/c19-14-13(9-11-5-4-8-16-10-11)22-15(17-14)18-23(20,21)12-6-2-1-3-7-12/h1-10H,(H,17,18,19)/b13-9+. The normalized spacial score (nSPS) is 18.3. The van der Waals surface area contributed by atoms with Crippen LogP contribution in [-0.2, 0) is 14.8 Å². The molecule has 0 spiro atoms. The first-order chi connectivity index (χ1) is 11.0. The summed E-state index contributed by atoms with van der Waals surface area (Å²) in [6, 6.07) is 11.4. The minimum absolute atomic E-state index is 0.0361. The Labute approximate surface area is 137 Å². The van der Waals surface area contributed by atoms with Gasteiger partial charge in [-0.3, -0.25) is 15.1 Å². The highest BCUT2D eigenvalue weighted by Crippen LogP contribution is 2.27. The number of sulfonamides is 1. The second-order valence-electron chi connectivity index (χ2n) is 4.54. The van der Waals surface area contributed by atoms with Crippen molar-refractivity contribution in [2.24, 2.45) is 4.40 Å². The highest BCUT2D eigenvalue weighted by Gasteiger charge is 2.26. The third-order valence-electron chi connectivity index (χ3n) is 2.88. The number of aromatic nitrogens is 1. The van der Waals surface area contributed by atoms with Crippen molar-refractivity contribution in [3.8, 4) is 0 Å². The van der Waals surface area contributed by atoms with Crippen molar-refractivity contribution in [1.82, 2.24) is 10.3 Å². The van der Waals surface area contributed by atoms with Gasteiger partial charge < -0.3 is 0 Å². The SMILES string of the molecule is O=C1NC(=NS(=O)(=O)c2ccccc2)S/C1=C/c1cccnc1. The lowest BCUT2D eigenvalue weighted by atomic mass is 10.2. The molecule has 116 valence electrons. The zero-order chi connectivity index (χ0) is 16.3. The van der Waals surface area contributed by atoms with E-state index >= 15 is 0 Å². The number of thioether (sulfide) groups is 1. The van der Waals surface area contributed by atoms with E-state index in [0.717, 1.165) is 17.3 Å². The van der Waals surface area contributed by atoms with Crippen LogP contribution in [0.25, 0.3) is 6.08 Å². The average Bonchev–Trinajstić information content (AvgIpc) is 2.88. The van der Waals surface area contributed by atoms with Gasteiger partial charge in [-0.05, 0) is 41.6 Å². The monoisotopic (exact) mass is 345 g/mol. The van der Waals surface area contributed by atoms with E-state index < -0.39 is 10.0 Å². The van der Waals surface area contributed by atoms with Crippen molar-refractivity contribution in [3.05, 3.63) is 65.3 Å². The maximum Gasteiger partial charge on any atom is 0.284 e. The summed E-state index contributed by atoms with van der Waals surface area (Å²) < 4.78 is 28.0. The van der Waals surface area contributed by atoms with Gasteiger partial charge in [-0.1, -0.05) is 24.3 Å². The van der Waals surface area contributed by atoms with Gasteiger partial charge >= 0.3 is 0 Å². The number of carbonyl (C=O) groups is 1. The van der Waals surface area contributed by atoms with E-state index in [4.69, 9.17) is 0 Å². The Kier molecular flexibility index (Phi) is 4.26. The summed E-state index contributed by atoms with van der Waals surface area (Å²) in [5, 5.41) is 2.49. The zero-order valence-electron chi connectivity index (χ0n) is 11.7. The predicted octanol–water partition coefficient (Wildman–Crippen LogP) is 2.03. The van der Waals surface area contributed by atoms with Crippen molar-refractivity contribution in [2.45, 2.75) is 4.90 Å². The van der Waals surface area contributed by atoms with Crippen LogP contribution in [0.15, 0.2) is 69.1 Å². The van der Waals surface area contributed by atoms with E-state index in [1.54, 1.807) is 48.8 Å². The van der Waals surface area contributed by atoms with Crippen molar-refractivity contribution < 1.29 is 13.2 Å². The second-order valence-corrected chi connectivity index (χ2v) is 7.17. The summed E-state index contributed by atoms with van der Waals surface area (Å²) >= 11 is 0.979. The molecular formula is C15H11N3O3S2. The Bertz CT molecular complexity index is 892. The minimum atomic E-state index is -3.85. The molecule has 2 aromatic rings. The summed E-state index contributed by atoms with van der Waals surface area (Å²) in [5.74, 6) is -0.388. The summed E-state index contributed by atoms with van der Waals surface area (Å²) in [6.07, 6.45) is 4.87. The van der Waals surface area contributed by atoms with Crippen LogP contribution in [0.3, 0.4) is 0 Å². The maximum atomic E-state index is 12.2. The van der Waals surface area contributed by atoms with Gasteiger partial charge in [-0.2, -0.15) is 8.42 Å². The smallest absolute Gasteiger partial charge is 0.284 e. The molecule has 0 unspecified atom stereocenters. The third kappa shape index (κ3) is 3.66. The molecule has 1 aromatic heterocycles. The van der Waals surface area contributed by atoms with E-state index in [0.29, 0.717) is 4.91 Å². The fourth-order valence-electron chi connectivity index (χ4n) is 1.84. The average molecular weight is 345 g/mol. The molecule has 1 saturated heterocycles. The number of hydrogen-bond donors (Lipinski definition) is 1. The van der Waals surface area contributed by atoms with Gasteiger partial charge in [0.15, 0.2) is 5.17 Å². The van der Waals surface area contributed by atoms with E-state index in [1.807, 2.05) is 0 Å². The van der Waals surface area contributed by atoms with Crippen molar-refractivity contribution >= 4 is 38.9 Å². The van der Waals surface area contributed by atoms with Crippen molar-refractivity contribution in [2.75, 3.05) is 0 Å². The Balaban J connectivity index is 1.87. The van der Waals surface area contributed by atoms with Gasteiger partial charge in [0.1, 0.15) is 0 Å². The molecule has 1 aliphatic rings. The Morgan fingerprint density at radius 3 is 2.61 bits per heavy atom. The van der Waals surface area contributed by atoms with Gasteiger partial charge in [-0.25, -0.2) is 0 Å². The van der Waals surface area contributed by atoms with Gasteiger partial charge in [0, 0.05) is 12.4 Å². The van der Waals surface area contributed by atoms with Crippen LogP contribution in [0.2, 0.25) is 0 Å². The van der Waals surface area contributed by atoms with Gasteiger partial charge in [-0.15, -0.1) is 4.40 Å². The molecule has 1 aliphatic heterocycles. The summed E-state index contributed by atoms with van der Waals surface area (Å²) in [5.41, 5.74) is 0.748. The summed E-state index contributed by atoms with van der Waals surface area (Å²) in [7, 11) is -3.85. The second kappa shape index (κ2) is 6.35. The Hall–Kier alpha value is -2.45. The predicted molar refractivity (Wildman–Crippen MR) is 89.0 cm³/mol. The molecule has 23 heavy (non-hydrogen) atoms. The van der Waals surface area contributed by atoms with Crippen LogP contribution in [-0.4, -0.2) is 24.5 Å². The third-order valence-corrected chi connectivity index (χ3v) is 5.19. The van der Waals surface area contributed by atoms with Crippen molar-refractivity contribution in [3.63, 3.8) is 0 Å². The first-order valence-electron chi connectivity index (χ1n) is 6.55. The Morgan fingerprint density at radius 1 is 1.13 bits per heavy atom. The van der Waals surface area contributed by atoms with Gasteiger partial charge in [0.2, 0.25) is 0 Å². The number of nitrogens with one attached hydrogen (secondary N) is 1. The van der Waals surface area contributed by atoms with E-state index in [-0.39, 0.29) is 16.0 Å². The van der Waals surface area contributed by atoms with E-state index in [2.05, 4.69) is 14.7 Å². The maximum absolute atomic E-state index is 12.2. The van der Waals surface area contributed by atoms with Crippen LogP contribution in [0.5, 0.6) is 0 Å². The fraction of sp³-hybridized carbons (Fsp3) is 0. The number of nitrogens with zero attached hydrogens (tertiary/aromatic N) is 2. The number of amides is 1. The van der Waals surface area contributed by atoms with Gasteiger partial charge in [0.05, 0.1) is 9.80 Å². The van der Waals surface area contributed by atoms with Crippen molar-refractivity contribution in [1.29, 1.82) is 0 Å².